The molecule has 1 unspecified atom stereocenters. The van der Waals surface area contributed by atoms with Crippen LogP contribution in [-0.2, 0) is 19.5 Å². The molecule has 0 aliphatic rings. The summed E-state index contributed by atoms with van der Waals surface area (Å²) in [7, 11) is 0. The second-order valence-corrected chi connectivity index (χ2v) is 6.08. The highest BCUT2D eigenvalue weighted by atomic mass is 32.1. The number of nitrogens with one attached hydrogen (secondary N) is 1. The maximum atomic E-state index is 4.28. The van der Waals surface area contributed by atoms with Gasteiger partial charge < -0.3 is 5.32 Å². The fourth-order valence-electron chi connectivity index (χ4n) is 1.93. The normalized spacial score (nSPS) is 12.8. The van der Waals surface area contributed by atoms with Gasteiger partial charge in [0.25, 0.3) is 0 Å². The van der Waals surface area contributed by atoms with Crippen LogP contribution in [0.15, 0.2) is 24.5 Å². The molecule has 0 aliphatic carbocycles. The van der Waals surface area contributed by atoms with E-state index in [0.717, 1.165) is 19.5 Å². The van der Waals surface area contributed by atoms with Crippen molar-refractivity contribution >= 4 is 11.3 Å². The van der Waals surface area contributed by atoms with E-state index in [1.54, 1.807) is 0 Å². The summed E-state index contributed by atoms with van der Waals surface area (Å²) in [5.41, 5.74) is 1.26. The molecule has 0 saturated carbocycles. The molecule has 0 saturated heterocycles. The van der Waals surface area contributed by atoms with Gasteiger partial charge in [-0.3, -0.25) is 4.68 Å². The predicted octanol–water partition coefficient (Wildman–Crippen LogP) is 2.99. The molecule has 98 valence electrons. The van der Waals surface area contributed by atoms with Gasteiger partial charge in [0.2, 0.25) is 0 Å². The van der Waals surface area contributed by atoms with E-state index >= 15 is 0 Å². The van der Waals surface area contributed by atoms with Gasteiger partial charge >= 0.3 is 0 Å². The first-order valence-electron chi connectivity index (χ1n) is 6.47. The molecular formula is C14H21N3S. The number of aryl methyl sites for hydroxylation is 2. The molecule has 3 nitrogen and oxygen atoms in total. The van der Waals surface area contributed by atoms with Crippen LogP contribution < -0.4 is 5.32 Å². The lowest BCUT2D eigenvalue weighted by Gasteiger charge is -2.11. The molecule has 0 spiro atoms. The Balaban J connectivity index is 1.79. The van der Waals surface area contributed by atoms with Crippen molar-refractivity contribution in [3.05, 3.63) is 39.8 Å². The van der Waals surface area contributed by atoms with E-state index in [1.807, 2.05) is 22.2 Å². The Hall–Kier alpha value is -1.13. The van der Waals surface area contributed by atoms with E-state index < -0.39 is 0 Å². The zero-order valence-corrected chi connectivity index (χ0v) is 12.1. The van der Waals surface area contributed by atoms with Crippen LogP contribution >= 0.6 is 11.3 Å². The number of hydrogen-bond donors (Lipinski definition) is 1. The quantitative estimate of drug-likeness (QED) is 0.868. The number of nitrogens with zero attached hydrogens (tertiary/aromatic N) is 2. The first-order chi connectivity index (χ1) is 8.67. The molecule has 0 amide bonds. The van der Waals surface area contributed by atoms with E-state index in [2.05, 4.69) is 49.5 Å². The third-order valence-corrected chi connectivity index (χ3v) is 3.99. The monoisotopic (exact) mass is 263 g/mol. The summed E-state index contributed by atoms with van der Waals surface area (Å²) in [6.07, 6.45) is 5.15. The van der Waals surface area contributed by atoms with Crippen LogP contribution in [-0.4, -0.2) is 15.8 Å². The summed E-state index contributed by atoms with van der Waals surface area (Å²) in [6, 6.07) is 4.92. The topological polar surface area (TPSA) is 29.9 Å². The third-order valence-electron chi connectivity index (χ3n) is 2.97. The average molecular weight is 263 g/mol. The Morgan fingerprint density at radius 3 is 2.89 bits per heavy atom. The van der Waals surface area contributed by atoms with Crippen LogP contribution in [0.2, 0.25) is 0 Å². The molecule has 4 heteroatoms. The Bertz CT molecular complexity index is 487. The van der Waals surface area contributed by atoms with Crippen molar-refractivity contribution < 1.29 is 0 Å². The van der Waals surface area contributed by atoms with E-state index in [9.17, 15) is 0 Å². The zero-order chi connectivity index (χ0) is 13.0. The maximum Gasteiger partial charge on any atom is 0.0534 e. The molecule has 1 N–H and O–H groups in total. The van der Waals surface area contributed by atoms with Crippen LogP contribution in [0.25, 0.3) is 0 Å². The molecule has 0 radical (unpaired) electrons. The Labute approximate surface area is 113 Å². The van der Waals surface area contributed by atoms with Gasteiger partial charge in [-0.15, -0.1) is 11.3 Å². The standard InChI is InChI=1S/C14H21N3S/c1-4-17-10-13(9-16-17)8-15-11(2)7-14-6-5-12(3)18-14/h5-6,9-11,15H,4,7-8H2,1-3H3. The maximum absolute atomic E-state index is 4.28. The average Bonchev–Trinajstić information content (AvgIpc) is 2.95. The van der Waals surface area contributed by atoms with Crippen molar-refractivity contribution in [2.75, 3.05) is 0 Å². The molecule has 0 aliphatic heterocycles. The largest absolute Gasteiger partial charge is 0.310 e. The number of aromatic nitrogens is 2. The van der Waals surface area contributed by atoms with Gasteiger partial charge in [0.1, 0.15) is 0 Å². The zero-order valence-electron chi connectivity index (χ0n) is 11.3. The van der Waals surface area contributed by atoms with Gasteiger partial charge in [-0.1, -0.05) is 0 Å². The van der Waals surface area contributed by atoms with Gasteiger partial charge in [-0.25, -0.2) is 0 Å². The minimum absolute atomic E-state index is 0.494. The molecule has 1 atom stereocenters. The molecule has 2 rings (SSSR count). The summed E-state index contributed by atoms with van der Waals surface area (Å²) < 4.78 is 1.96. The Kier molecular flexibility index (Phi) is 4.55. The van der Waals surface area contributed by atoms with E-state index in [-0.39, 0.29) is 0 Å². The SMILES string of the molecule is CCn1cc(CNC(C)Cc2ccc(C)s2)cn1. The second-order valence-electron chi connectivity index (χ2n) is 4.70. The summed E-state index contributed by atoms with van der Waals surface area (Å²) >= 11 is 1.89. The lowest BCUT2D eigenvalue weighted by atomic mass is 10.2. The minimum atomic E-state index is 0.494. The van der Waals surface area contributed by atoms with Crippen LogP contribution in [0.5, 0.6) is 0 Å². The van der Waals surface area contributed by atoms with Crippen molar-refractivity contribution in [2.24, 2.45) is 0 Å². The molecule has 0 bridgehead atoms. The van der Waals surface area contributed by atoms with Crippen molar-refractivity contribution in [3.63, 3.8) is 0 Å². The highest BCUT2D eigenvalue weighted by molar-refractivity contribution is 7.11. The van der Waals surface area contributed by atoms with Gasteiger partial charge in [-0.05, 0) is 39.3 Å². The Morgan fingerprint density at radius 1 is 1.44 bits per heavy atom. The number of rotatable bonds is 6. The summed E-state index contributed by atoms with van der Waals surface area (Å²) in [4.78, 5) is 2.85. The number of thiophene rings is 1. The van der Waals surface area contributed by atoms with Crippen molar-refractivity contribution in [3.8, 4) is 0 Å². The van der Waals surface area contributed by atoms with E-state index in [1.165, 1.54) is 15.3 Å². The highest BCUT2D eigenvalue weighted by Gasteiger charge is 2.05. The van der Waals surface area contributed by atoms with Crippen LogP contribution in [0.1, 0.15) is 29.2 Å². The lowest BCUT2D eigenvalue weighted by molar-refractivity contribution is 0.548. The van der Waals surface area contributed by atoms with Crippen LogP contribution in [0.3, 0.4) is 0 Å². The summed E-state index contributed by atoms with van der Waals surface area (Å²) in [5.74, 6) is 0. The molecule has 18 heavy (non-hydrogen) atoms. The van der Waals surface area contributed by atoms with Crippen molar-refractivity contribution in [1.29, 1.82) is 0 Å². The van der Waals surface area contributed by atoms with Crippen molar-refractivity contribution in [1.82, 2.24) is 15.1 Å². The first kappa shape index (κ1) is 13.3. The van der Waals surface area contributed by atoms with Gasteiger partial charge in [0.05, 0.1) is 6.20 Å². The fourth-order valence-corrected chi connectivity index (χ4v) is 2.95. The fraction of sp³-hybridized carbons (Fsp3) is 0.500. The van der Waals surface area contributed by atoms with Crippen LogP contribution in [0.4, 0.5) is 0 Å². The van der Waals surface area contributed by atoms with E-state index in [0.29, 0.717) is 6.04 Å². The minimum Gasteiger partial charge on any atom is -0.310 e. The van der Waals surface area contributed by atoms with Crippen molar-refractivity contribution in [2.45, 2.75) is 46.3 Å². The highest BCUT2D eigenvalue weighted by Crippen LogP contribution is 2.16. The molecular weight excluding hydrogens is 242 g/mol. The van der Waals surface area contributed by atoms with Gasteiger partial charge in [-0.2, -0.15) is 5.10 Å². The third kappa shape index (κ3) is 3.68. The smallest absolute Gasteiger partial charge is 0.0534 e. The summed E-state index contributed by atoms with van der Waals surface area (Å²) in [5, 5.41) is 7.83. The van der Waals surface area contributed by atoms with E-state index in [4.69, 9.17) is 0 Å². The molecule has 2 aromatic heterocycles. The molecule has 0 fully saturated rings. The van der Waals surface area contributed by atoms with Gasteiger partial charge in [0, 0.05) is 40.6 Å². The lowest BCUT2D eigenvalue weighted by Crippen LogP contribution is -2.27. The summed E-state index contributed by atoms with van der Waals surface area (Å²) in [6.45, 7) is 8.33. The Morgan fingerprint density at radius 2 is 2.28 bits per heavy atom. The number of hydrogen-bond acceptors (Lipinski definition) is 3. The van der Waals surface area contributed by atoms with Gasteiger partial charge in [0.15, 0.2) is 0 Å². The van der Waals surface area contributed by atoms with Crippen LogP contribution in [0, 0.1) is 6.92 Å². The molecule has 2 heterocycles. The molecule has 2 aromatic rings. The predicted molar refractivity (Wildman–Crippen MR) is 77.0 cm³/mol. The second kappa shape index (κ2) is 6.16. The first-order valence-corrected chi connectivity index (χ1v) is 7.29. The molecule has 0 aromatic carbocycles.